The van der Waals surface area contributed by atoms with Crippen molar-refractivity contribution in [1.29, 1.82) is 5.26 Å². The van der Waals surface area contributed by atoms with Gasteiger partial charge in [0.05, 0.1) is 6.54 Å². The monoisotopic (exact) mass is 226 g/mol. The summed E-state index contributed by atoms with van der Waals surface area (Å²) in [6, 6.07) is 9.95. The Balaban J connectivity index is 2.16. The molecule has 0 aliphatic carbocycles. The summed E-state index contributed by atoms with van der Waals surface area (Å²) in [6.07, 6.45) is 1.63. The van der Waals surface area contributed by atoms with Gasteiger partial charge in [-0.15, -0.1) is 0 Å². The number of pyridine rings is 1. The first-order valence-corrected chi connectivity index (χ1v) is 5.45. The number of hydrogen-bond donors (Lipinski definition) is 1. The van der Waals surface area contributed by atoms with Crippen LogP contribution >= 0.6 is 0 Å². The maximum Gasteiger partial charge on any atom is 0.145 e. The second-order valence-corrected chi connectivity index (χ2v) is 3.91. The van der Waals surface area contributed by atoms with Crippen LogP contribution in [0.3, 0.4) is 0 Å². The minimum atomic E-state index is 0.475. The summed E-state index contributed by atoms with van der Waals surface area (Å²) in [7, 11) is 0. The van der Waals surface area contributed by atoms with Crippen LogP contribution < -0.4 is 5.43 Å². The van der Waals surface area contributed by atoms with Crippen molar-refractivity contribution < 1.29 is 0 Å². The molecule has 0 spiro atoms. The normalized spacial score (nSPS) is 9.94. The van der Waals surface area contributed by atoms with Gasteiger partial charge in [-0.25, -0.2) is 4.98 Å². The highest BCUT2D eigenvalue weighted by Gasteiger charge is 2.04. The van der Waals surface area contributed by atoms with E-state index in [1.54, 1.807) is 6.20 Å². The summed E-state index contributed by atoms with van der Waals surface area (Å²) in [5.74, 6) is 0. The number of nitrogens with one attached hydrogen (secondary N) is 1. The molecule has 0 atom stereocenters. The third kappa shape index (κ3) is 2.28. The lowest BCUT2D eigenvalue weighted by Crippen LogP contribution is -2.17. The van der Waals surface area contributed by atoms with Gasteiger partial charge in [-0.3, -0.25) is 4.68 Å². The van der Waals surface area contributed by atoms with Gasteiger partial charge in [-0.2, -0.15) is 5.26 Å². The van der Waals surface area contributed by atoms with Gasteiger partial charge in [0.1, 0.15) is 11.8 Å². The first kappa shape index (κ1) is 11.2. The van der Waals surface area contributed by atoms with E-state index in [4.69, 9.17) is 5.26 Å². The highest BCUT2D eigenvalue weighted by atomic mass is 15.4. The zero-order valence-electron chi connectivity index (χ0n) is 9.94. The molecular formula is C13H14N4. The number of rotatable bonds is 3. The smallest absolute Gasteiger partial charge is 0.145 e. The molecule has 0 aliphatic heterocycles. The summed E-state index contributed by atoms with van der Waals surface area (Å²) in [5, 5.41) is 8.94. The van der Waals surface area contributed by atoms with E-state index < -0.39 is 0 Å². The Hall–Kier alpha value is -2.28. The molecule has 0 aliphatic rings. The Labute approximate surface area is 100 Å². The van der Waals surface area contributed by atoms with Gasteiger partial charge in [-0.1, -0.05) is 6.07 Å². The fraction of sp³-hybridized carbons (Fsp3) is 0.231. The van der Waals surface area contributed by atoms with Crippen molar-refractivity contribution >= 4 is 0 Å². The van der Waals surface area contributed by atoms with Crippen LogP contribution in [-0.2, 0) is 6.54 Å². The molecule has 2 aromatic rings. The van der Waals surface area contributed by atoms with E-state index in [2.05, 4.69) is 28.6 Å². The van der Waals surface area contributed by atoms with Gasteiger partial charge in [-0.05, 0) is 32.0 Å². The second kappa shape index (κ2) is 4.71. The lowest BCUT2D eigenvalue weighted by molar-refractivity contribution is 0.789. The molecule has 0 saturated carbocycles. The molecule has 1 N–H and O–H groups in total. The first-order chi connectivity index (χ1) is 8.22. The Morgan fingerprint density at radius 3 is 2.65 bits per heavy atom. The van der Waals surface area contributed by atoms with E-state index in [0.717, 1.165) is 17.0 Å². The summed E-state index contributed by atoms with van der Waals surface area (Å²) in [4.78, 5) is 4.03. The fourth-order valence-electron chi connectivity index (χ4n) is 1.76. The third-order valence-corrected chi connectivity index (χ3v) is 2.70. The molecule has 2 aromatic heterocycles. The molecule has 2 rings (SSSR count). The predicted octanol–water partition coefficient (Wildman–Crippen LogP) is 2.12. The van der Waals surface area contributed by atoms with E-state index in [1.807, 2.05) is 30.7 Å². The summed E-state index contributed by atoms with van der Waals surface area (Å²) in [6.45, 7) is 4.66. The Kier molecular flexibility index (Phi) is 3.10. The van der Waals surface area contributed by atoms with Crippen LogP contribution in [0.2, 0.25) is 0 Å². The molecule has 0 radical (unpaired) electrons. The van der Waals surface area contributed by atoms with Crippen molar-refractivity contribution in [3.8, 4) is 6.07 Å². The number of hydrogen-bond acceptors (Lipinski definition) is 3. The molecule has 2 heterocycles. The Morgan fingerprint density at radius 2 is 2.00 bits per heavy atom. The molecule has 0 unspecified atom stereocenters. The van der Waals surface area contributed by atoms with E-state index in [-0.39, 0.29) is 0 Å². The largest absolute Gasteiger partial charge is 0.321 e. The van der Waals surface area contributed by atoms with Gasteiger partial charge >= 0.3 is 0 Å². The van der Waals surface area contributed by atoms with Crippen LogP contribution in [0.4, 0.5) is 0 Å². The molecule has 0 saturated heterocycles. The Morgan fingerprint density at radius 1 is 1.29 bits per heavy atom. The maximum atomic E-state index is 8.94. The maximum absolute atomic E-state index is 8.94. The lowest BCUT2D eigenvalue weighted by Gasteiger charge is -2.12. The zero-order valence-corrected chi connectivity index (χ0v) is 9.94. The average molecular weight is 226 g/mol. The van der Waals surface area contributed by atoms with Gasteiger partial charge < -0.3 is 5.43 Å². The van der Waals surface area contributed by atoms with Crippen LogP contribution in [0, 0.1) is 25.2 Å². The zero-order chi connectivity index (χ0) is 12.3. The molecule has 4 heteroatoms. The second-order valence-electron chi connectivity index (χ2n) is 3.91. The lowest BCUT2D eigenvalue weighted by atomic mass is 10.2. The van der Waals surface area contributed by atoms with E-state index in [1.165, 1.54) is 0 Å². The highest BCUT2D eigenvalue weighted by molar-refractivity contribution is 5.31. The van der Waals surface area contributed by atoms with Crippen molar-refractivity contribution in [2.75, 3.05) is 5.43 Å². The predicted molar refractivity (Wildman–Crippen MR) is 65.9 cm³/mol. The van der Waals surface area contributed by atoms with Crippen LogP contribution in [0.25, 0.3) is 0 Å². The van der Waals surface area contributed by atoms with E-state index >= 15 is 0 Å². The number of aryl methyl sites for hydroxylation is 2. The van der Waals surface area contributed by atoms with Crippen LogP contribution in [-0.4, -0.2) is 9.66 Å². The van der Waals surface area contributed by atoms with Gasteiger partial charge in [0.2, 0.25) is 0 Å². The van der Waals surface area contributed by atoms with Crippen molar-refractivity contribution in [3.05, 3.63) is 53.1 Å². The van der Waals surface area contributed by atoms with E-state index in [9.17, 15) is 0 Å². The van der Waals surface area contributed by atoms with Crippen molar-refractivity contribution in [2.45, 2.75) is 20.4 Å². The van der Waals surface area contributed by atoms with Crippen LogP contribution in [0.5, 0.6) is 0 Å². The van der Waals surface area contributed by atoms with Gasteiger partial charge in [0.25, 0.3) is 0 Å². The molecule has 4 nitrogen and oxygen atoms in total. The molecule has 0 amide bonds. The molecule has 0 fully saturated rings. The minimum absolute atomic E-state index is 0.475. The van der Waals surface area contributed by atoms with Gasteiger partial charge in [0.15, 0.2) is 0 Å². The van der Waals surface area contributed by atoms with E-state index in [0.29, 0.717) is 12.2 Å². The highest BCUT2D eigenvalue weighted by Crippen LogP contribution is 2.07. The minimum Gasteiger partial charge on any atom is -0.321 e. The topological polar surface area (TPSA) is 53.6 Å². The van der Waals surface area contributed by atoms with Crippen LogP contribution in [0.15, 0.2) is 30.5 Å². The van der Waals surface area contributed by atoms with Crippen molar-refractivity contribution in [3.63, 3.8) is 0 Å². The summed E-state index contributed by atoms with van der Waals surface area (Å²) < 4.78 is 2.01. The summed E-state index contributed by atoms with van der Waals surface area (Å²) in [5.41, 5.74) is 6.94. The first-order valence-electron chi connectivity index (χ1n) is 5.45. The molecule has 86 valence electrons. The van der Waals surface area contributed by atoms with Crippen LogP contribution in [0.1, 0.15) is 22.6 Å². The molecular weight excluding hydrogens is 212 g/mol. The molecule has 0 bridgehead atoms. The quantitative estimate of drug-likeness (QED) is 0.872. The number of nitriles is 1. The van der Waals surface area contributed by atoms with Crippen molar-refractivity contribution in [1.82, 2.24) is 9.66 Å². The SMILES string of the molecule is Cc1ccc(C)n1NCc1cccnc1C#N. The molecule has 0 aromatic carbocycles. The fourth-order valence-corrected chi connectivity index (χ4v) is 1.76. The standard InChI is InChI=1S/C13H14N4/c1-10-5-6-11(2)17(10)16-9-12-4-3-7-15-13(12)8-14/h3-7,16H,9H2,1-2H3. The average Bonchev–Trinajstić information content (AvgIpc) is 2.67. The number of nitrogens with zero attached hydrogens (tertiary/aromatic N) is 3. The molecule has 17 heavy (non-hydrogen) atoms. The summed E-state index contributed by atoms with van der Waals surface area (Å²) >= 11 is 0. The Bertz CT molecular complexity index is 544. The number of aromatic nitrogens is 2. The van der Waals surface area contributed by atoms with Crippen molar-refractivity contribution in [2.24, 2.45) is 0 Å². The third-order valence-electron chi connectivity index (χ3n) is 2.70. The van der Waals surface area contributed by atoms with Gasteiger partial charge in [0, 0.05) is 23.1 Å².